The van der Waals surface area contributed by atoms with Gasteiger partial charge in [-0.3, -0.25) is 0 Å². The third-order valence-electron chi connectivity index (χ3n) is 8.70. The summed E-state index contributed by atoms with van der Waals surface area (Å²) in [6.07, 6.45) is 11.3. The van der Waals surface area contributed by atoms with Crippen LogP contribution >= 0.6 is 11.6 Å². The fraction of sp³-hybridized carbons (Fsp3) is 0.571. The van der Waals surface area contributed by atoms with Gasteiger partial charge in [-0.05, 0) is 31.7 Å². The molecule has 8 rings (SSSR count). The standard InChI is InChI=1S/C14H16ClN3O2.C14H18N4O2/c2*15-12-9-11(17-13-3-6-16-18(12)13)10-1-4-14(5-2-10)19-7-8-20-14/h3,6,9-10H,1-2,4-5,7-8H2;3,6,9-10H,1-2,4-5,7-8,15H2. The molecule has 4 aromatic heterocycles. The molecule has 0 unspecified atom stereocenters. The van der Waals surface area contributed by atoms with Gasteiger partial charge >= 0.3 is 0 Å². The van der Waals surface area contributed by atoms with Gasteiger partial charge in [-0.2, -0.15) is 14.7 Å². The molecule has 0 atom stereocenters. The van der Waals surface area contributed by atoms with Crippen molar-refractivity contribution in [3.63, 3.8) is 0 Å². The molecule has 0 radical (unpaired) electrons. The first-order chi connectivity index (χ1) is 19.5. The summed E-state index contributed by atoms with van der Waals surface area (Å²) in [6, 6.07) is 7.63. The summed E-state index contributed by atoms with van der Waals surface area (Å²) in [7, 11) is 0. The summed E-state index contributed by atoms with van der Waals surface area (Å²) in [5.74, 6) is 0.856. The van der Waals surface area contributed by atoms with E-state index in [0.29, 0.717) is 22.8 Å². The van der Waals surface area contributed by atoms with E-state index in [1.807, 2.05) is 24.3 Å². The highest BCUT2D eigenvalue weighted by atomic mass is 35.5. The largest absolute Gasteiger partial charge is 0.384 e. The summed E-state index contributed by atoms with van der Waals surface area (Å²) < 4.78 is 26.4. The SMILES string of the molecule is Clc1cc(C2CCC3(CC2)OCCO3)nc2ccnn12.Nc1cc(C2CCC3(CC2)OCCO3)nc2ccnn12. The molecule has 40 heavy (non-hydrogen) atoms. The normalized spacial score (nSPS) is 24.2. The second kappa shape index (κ2) is 10.5. The molecule has 0 bridgehead atoms. The Morgan fingerprint density at radius 1 is 0.700 bits per heavy atom. The predicted molar refractivity (Wildman–Crippen MR) is 147 cm³/mol. The van der Waals surface area contributed by atoms with Crippen molar-refractivity contribution in [3.05, 3.63) is 53.2 Å². The van der Waals surface area contributed by atoms with E-state index in [1.54, 1.807) is 21.4 Å². The van der Waals surface area contributed by atoms with Crippen molar-refractivity contribution in [1.29, 1.82) is 0 Å². The summed E-state index contributed by atoms with van der Waals surface area (Å²) in [5.41, 5.74) is 9.77. The Labute approximate surface area is 236 Å². The van der Waals surface area contributed by atoms with Crippen molar-refractivity contribution in [2.75, 3.05) is 32.2 Å². The number of aromatic nitrogens is 6. The molecule has 4 fully saturated rings. The number of nitrogen functional groups attached to an aromatic ring is 1. The maximum absolute atomic E-state index is 6.25. The van der Waals surface area contributed by atoms with Crippen molar-refractivity contribution in [3.8, 4) is 0 Å². The van der Waals surface area contributed by atoms with Crippen molar-refractivity contribution < 1.29 is 18.9 Å². The number of hydrogen-bond acceptors (Lipinski definition) is 9. The maximum atomic E-state index is 6.25. The van der Waals surface area contributed by atoms with Crippen LogP contribution in [0.4, 0.5) is 5.82 Å². The highest BCUT2D eigenvalue weighted by Gasteiger charge is 2.42. The van der Waals surface area contributed by atoms with Gasteiger partial charge in [0.2, 0.25) is 0 Å². The van der Waals surface area contributed by atoms with E-state index in [2.05, 4.69) is 20.2 Å². The third kappa shape index (κ3) is 4.94. The van der Waals surface area contributed by atoms with Gasteiger partial charge in [0, 0.05) is 67.1 Å². The fourth-order valence-electron chi connectivity index (χ4n) is 6.55. The molecule has 2 aliphatic heterocycles. The molecule has 4 aromatic rings. The number of fused-ring (bicyclic) bond motifs is 2. The second-order valence-corrected chi connectivity index (χ2v) is 11.5. The quantitative estimate of drug-likeness (QED) is 0.349. The first kappa shape index (κ1) is 26.1. The van der Waals surface area contributed by atoms with E-state index in [0.717, 1.165) is 100 Å². The molecule has 6 heterocycles. The topological polar surface area (TPSA) is 123 Å². The van der Waals surface area contributed by atoms with Crippen LogP contribution in [0.1, 0.15) is 74.6 Å². The summed E-state index contributed by atoms with van der Waals surface area (Å²) in [4.78, 5) is 9.34. The zero-order valence-corrected chi connectivity index (χ0v) is 23.1. The molecule has 0 aromatic carbocycles. The lowest BCUT2D eigenvalue weighted by Gasteiger charge is -2.35. The third-order valence-corrected chi connectivity index (χ3v) is 8.97. The first-order valence-corrected chi connectivity index (χ1v) is 14.6. The Hall–Kier alpha value is -2.83. The van der Waals surface area contributed by atoms with E-state index >= 15 is 0 Å². The number of anilines is 1. The molecule has 2 N–H and O–H groups in total. The van der Waals surface area contributed by atoms with Gasteiger partial charge in [0.15, 0.2) is 22.9 Å². The Kier molecular flexibility index (Phi) is 6.87. The number of nitrogens with two attached hydrogens (primary N) is 1. The predicted octanol–water partition coefficient (Wildman–Crippen LogP) is 4.50. The molecular weight excluding hydrogens is 534 g/mol. The lowest BCUT2D eigenvalue weighted by atomic mass is 9.83. The Bertz CT molecular complexity index is 1360. The molecule has 4 aliphatic rings. The maximum Gasteiger partial charge on any atom is 0.168 e. The smallest absolute Gasteiger partial charge is 0.168 e. The Morgan fingerprint density at radius 3 is 1.68 bits per heavy atom. The molecule has 0 amide bonds. The lowest BCUT2D eigenvalue weighted by molar-refractivity contribution is -0.179. The minimum absolute atomic E-state index is 0.317. The van der Waals surface area contributed by atoms with Gasteiger partial charge in [-0.1, -0.05) is 11.6 Å². The first-order valence-electron chi connectivity index (χ1n) is 14.2. The van der Waals surface area contributed by atoms with Crippen LogP contribution in [0, 0.1) is 0 Å². The highest BCUT2D eigenvalue weighted by Crippen LogP contribution is 2.43. The second-order valence-electron chi connectivity index (χ2n) is 11.1. The number of ether oxygens (including phenoxy) is 4. The number of nitrogens with zero attached hydrogens (tertiary/aromatic N) is 6. The molecule has 2 saturated carbocycles. The number of hydrogen-bond donors (Lipinski definition) is 1. The van der Waals surface area contributed by atoms with Crippen molar-refractivity contribution >= 4 is 28.7 Å². The van der Waals surface area contributed by atoms with E-state index in [4.69, 9.17) is 36.3 Å². The number of halogens is 1. The highest BCUT2D eigenvalue weighted by molar-refractivity contribution is 6.29. The summed E-state index contributed by atoms with van der Waals surface area (Å²) >= 11 is 6.25. The van der Waals surface area contributed by atoms with E-state index < -0.39 is 0 Å². The Balaban J connectivity index is 0.000000132. The zero-order valence-electron chi connectivity index (χ0n) is 22.4. The van der Waals surface area contributed by atoms with Crippen LogP contribution in [-0.4, -0.2) is 67.2 Å². The van der Waals surface area contributed by atoms with Crippen molar-refractivity contribution in [1.82, 2.24) is 29.2 Å². The average Bonchev–Trinajstić information content (AvgIpc) is 3.78. The molecule has 2 spiro atoms. The van der Waals surface area contributed by atoms with Crippen LogP contribution in [0.25, 0.3) is 11.3 Å². The van der Waals surface area contributed by atoms with Crippen LogP contribution in [0.15, 0.2) is 36.7 Å². The minimum atomic E-state index is -0.318. The zero-order chi connectivity index (χ0) is 27.2. The van der Waals surface area contributed by atoms with Gasteiger partial charge in [-0.25, -0.2) is 14.5 Å². The van der Waals surface area contributed by atoms with Gasteiger partial charge in [0.05, 0.1) is 38.8 Å². The van der Waals surface area contributed by atoms with Gasteiger partial charge in [0.25, 0.3) is 0 Å². The van der Waals surface area contributed by atoms with Crippen molar-refractivity contribution in [2.24, 2.45) is 0 Å². The van der Waals surface area contributed by atoms with Crippen LogP contribution in [0.3, 0.4) is 0 Å². The summed E-state index contributed by atoms with van der Waals surface area (Å²) in [5, 5.41) is 8.91. The molecule has 2 aliphatic carbocycles. The summed E-state index contributed by atoms with van der Waals surface area (Å²) in [6.45, 7) is 2.88. The lowest BCUT2D eigenvalue weighted by Crippen LogP contribution is -2.34. The molecule has 12 heteroatoms. The van der Waals surface area contributed by atoms with Crippen molar-refractivity contribution in [2.45, 2.75) is 74.8 Å². The van der Waals surface area contributed by atoms with E-state index in [9.17, 15) is 0 Å². The Morgan fingerprint density at radius 2 is 1.15 bits per heavy atom. The van der Waals surface area contributed by atoms with E-state index in [1.165, 1.54) is 0 Å². The molecule has 212 valence electrons. The molecular formula is C28H34ClN7O4. The molecule has 11 nitrogen and oxygen atoms in total. The fourth-order valence-corrected chi connectivity index (χ4v) is 6.79. The monoisotopic (exact) mass is 567 g/mol. The van der Waals surface area contributed by atoms with Crippen LogP contribution in [0.2, 0.25) is 5.15 Å². The van der Waals surface area contributed by atoms with Gasteiger partial charge < -0.3 is 24.7 Å². The van der Waals surface area contributed by atoms with Gasteiger partial charge in [0.1, 0.15) is 11.0 Å². The van der Waals surface area contributed by atoms with Crippen LogP contribution in [-0.2, 0) is 18.9 Å². The van der Waals surface area contributed by atoms with E-state index in [-0.39, 0.29) is 11.6 Å². The van der Waals surface area contributed by atoms with Gasteiger partial charge in [-0.15, -0.1) is 0 Å². The number of rotatable bonds is 2. The van der Waals surface area contributed by atoms with Crippen LogP contribution in [0.5, 0.6) is 0 Å². The average molecular weight is 568 g/mol. The molecule has 2 saturated heterocycles. The van der Waals surface area contributed by atoms with Crippen LogP contribution < -0.4 is 5.73 Å². The minimum Gasteiger partial charge on any atom is -0.384 e.